The molecular weight excluding hydrogens is 347 g/mol. The Morgan fingerprint density at radius 3 is 2.65 bits per heavy atom. The lowest BCUT2D eigenvalue weighted by Crippen LogP contribution is -2.44. The fourth-order valence-corrected chi connectivity index (χ4v) is 4.63. The van der Waals surface area contributed by atoms with E-state index in [-0.39, 0.29) is 22.9 Å². The summed E-state index contributed by atoms with van der Waals surface area (Å²) in [6, 6.07) is 1.28. The zero-order chi connectivity index (χ0) is 19.1. The molecule has 0 aliphatic heterocycles. The van der Waals surface area contributed by atoms with Gasteiger partial charge < -0.3 is 10.2 Å². The molecule has 0 saturated heterocycles. The molecule has 1 aliphatic rings. The maximum Gasteiger partial charge on any atom is 0.192 e. The molecule has 0 spiro atoms. The van der Waals surface area contributed by atoms with Crippen molar-refractivity contribution in [3.8, 4) is 5.82 Å². The highest BCUT2D eigenvalue weighted by atomic mass is 28.4. The second-order valence-electron chi connectivity index (χ2n) is 8.73. The molecule has 2 aromatic heterocycles. The molecule has 1 fully saturated rings. The van der Waals surface area contributed by atoms with Gasteiger partial charge in [0.25, 0.3) is 0 Å². The minimum Gasteiger partial charge on any atom is -0.413 e. The van der Waals surface area contributed by atoms with Gasteiger partial charge in [0, 0.05) is 18.2 Å². The van der Waals surface area contributed by atoms with Gasteiger partial charge in [-0.15, -0.1) is 0 Å². The van der Waals surface area contributed by atoms with Gasteiger partial charge in [0.15, 0.2) is 20.0 Å². The summed E-state index contributed by atoms with van der Waals surface area (Å²) >= 11 is 0. The van der Waals surface area contributed by atoms with Gasteiger partial charge in [0.1, 0.15) is 6.33 Å². The van der Waals surface area contributed by atoms with Crippen molar-refractivity contribution in [2.24, 2.45) is 0 Å². The van der Waals surface area contributed by atoms with Crippen LogP contribution < -0.4 is 5.73 Å². The number of hydrogen-bond donors (Lipinski definition) is 1. The van der Waals surface area contributed by atoms with E-state index in [0.29, 0.717) is 5.69 Å². The summed E-state index contributed by atoms with van der Waals surface area (Å²) in [5.74, 6) is 0.0227. The molecule has 1 saturated carbocycles. The normalized spacial score (nSPS) is 21.3. The fraction of sp³-hybridized carbons (Fsp3) is 0.579. The first-order valence-electron chi connectivity index (χ1n) is 9.21. The van der Waals surface area contributed by atoms with Crippen molar-refractivity contribution in [1.82, 2.24) is 14.5 Å². The monoisotopic (exact) mass is 376 g/mol. The van der Waals surface area contributed by atoms with Crippen LogP contribution in [0.25, 0.3) is 5.82 Å². The van der Waals surface area contributed by atoms with Crippen LogP contribution in [0, 0.1) is 5.82 Å². The molecule has 0 radical (unpaired) electrons. The third-order valence-electron chi connectivity index (χ3n) is 5.77. The first kappa shape index (κ1) is 19.0. The topological polar surface area (TPSA) is 66.0 Å². The average Bonchev–Trinajstić information content (AvgIpc) is 3.14. The van der Waals surface area contributed by atoms with Crippen molar-refractivity contribution in [2.75, 3.05) is 5.73 Å². The number of anilines is 1. The number of nitrogen functional groups attached to an aromatic ring is 1. The van der Waals surface area contributed by atoms with Crippen LogP contribution in [0.5, 0.6) is 0 Å². The summed E-state index contributed by atoms with van der Waals surface area (Å²) in [5, 5.41) is 0.177. The van der Waals surface area contributed by atoms with Crippen LogP contribution in [-0.2, 0) is 4.43 Å². The Bertz CT molecular complexity index is 784. The Hall–Kier alpha value is -1.73. The predicted molar refractivity (Wildman–Crippen MR) is 104 cm³/mol. The van der Waals surface area contributed by atoms with E-state index in [4.69, 9.17) is 10.2 Å². The van der Waals surface area contributed by atoms with Crippen LogP contribution in [0.1, 0.15) is 51.6 Å². The molecule has 7 heteroatoms. The highest BCUT2D eigenvalue weighted by Gasteiger charge is 2.42. The second-order valence-corrected chi connectivity index (χ2v) is 13.5. The highest BCUT2D eigenvalue weighted by molar-refractivity contribution is 6.74. The third-order valence-corrected chi connectivity index (χ3v) is 10.3. The number of halogens is 1. The van der Waals surface area contributed by atoms with E-state index in [9.17, 15) is 4.39 Å². The summed E-state index contributed by atoms with van der Waals surface area (Å²) in [7, 11) is -1.84. The number of hydrogen-bond acceptors (Lipinski definition) is 4. The molecule has 142 valence electrons. The summed E-state index contributed by atoms with van der Waals surface area (Å²) in [6.45, 7) is 11.3. The quantitative estimate of drug-likeness (QED) is 0.789. The number of imidazole rings is 1. The Labute approximate surface area is 155 Å². The maximum absolute atomic E-state index is 14.1. The van der Waals surface area contributed by atoms with Crippen molar-refractivity contribution in [3.63, 3.8) is 0 Å². The minimum atomic E-state index is -1.84. The van der Waals surface area contributed by atoms with Crippen molar-refractivity contribution in [3.05, 3.63) is 36.3 Å². The van der Waals surface area contributed by atoms with Gasteiger partial charge in [-0.05, 0) is 31.0 Å². The molecule has 2 N–H and O–H groups in total. The zero-order valence-electron chi connectivity index (χ0n) is 16.3. The molecule has 2 aromatic rings. The summed E-state index contributed by atoms with van der Waals surface area (Å²) in [5.41, 5.74) is 6.84. The van der Waals surface area contributed by atoms with E-state index >= 15 is 0 Å². The lowest BCUT2D eigenvalue weighted by atomic mass is 10.0. The average molecular weight is 377 g/mol. The van der Waals surface area contributed by atoms with Crippen LogP contribution in [0.2, 0.25) is 18.1 Å². The number of pyridine rings is 1. The van der Waals surface area contributed by atoms with Gasteiger partial charge >= 0.3 is 0 Å². The summed E-state index contributed by atoms with van der Waals surface area (Å²) in [4.78, 5) is 8.64. The number of nitrogens with zero attached hydrogens (tertiary/aromatic N) is 3. The fourth-order valence-electron chi connectivity index (χ4n) is 3.24. The molecule has 0 aromatic carbocycles. The standard InChI is InChI=1S/C19H29FN4OSi/c1-19(2,3)26(4,5)25-17-8-6-7-14(17)16-11-24(12-23-16)18-15(20)9-13(21)10-22-18/h9-12,14,17H,6-8,21H2,1-5H3. The Morgan fingerprint density at radius 1 is 1.27 bits per heavy atom. The lowest BCUT2D eigenvalue weighted by Gasteiger charge is -2.39. The van der Waals surface area contributed by atoms with E-state index < -0.39 is 14.1 Å². The van der Waals surface area contributed by atoms with E-state index in [1.165, 1.54) is 12.3 Å². The first-order chi connectivity index (χ1) is 12.1. The Morgan fingerprint density at radius 2 is 2.00 bits per heavy atom. The Kier molecular flexibility index (Phi) is 4.96. The maximum atomic E-state index is 14.1. The first-order valence-corrected chi connectivity index (χ1v) is 12.1. The van der Waals surface area contributed by atoms with E-state index in [2.05, 4.69) is 43.8 Å². The highest BCUT2D eigenvalue weighted by Crippen LogP contribution is 2.43. The molecule has 1 aliphatic carbocycles. The SMILES string of the molecule is CC(C)(C)[Si](C)(C)OC1CCCC1c1cn(-c2ncc(N)cc2F)cn1. The smallest absolute Gasteiger partial charge is 0.192 e. The molecule has 0 amide bonds. The number of nitrogens with two attached hydrogens (primary N) is 1. The van der Waals surface area contributed by atoms with Crippen molar-refractivity contribution in [1.29, 1.82) is 0 Å². The second kappa shape index (κ2) is 6.77. The van der Waals surface area contributed by atoms with Gasteiger partial charge in [0.2, 0.25) is 0 Å². The van der Waals surface area contributed by atoms with Gasteiger partial charge in [-0.1, -0.05) is 27.2 Å². The van der Waals surface area contributed by atoms with Gasteiger partial charge in [-0.25, -0.2) is 14.4 Å². The molecule has 5 nitrogen and oxygen atoms in total. The number of aromatic nitrogens is 3. The van der Waals surface area contributed by atoms with Crippen molar-refractivity contribution >= 4 is 14.0 Å². The minimum absolute atomic E-state index is 0.177. The van der Waals surface area contributed by atoms with Gasteiger partial charge in [-0.3, -0.25) is 4.57 Å². The summed E-state index contributed by atoms with van der Waals surface area (Å²) in [6.07, 6.45) is 8.37. The molecule has 26 heavy (non-hydrogen) atoms. The predicted octanol–water partition coefficient (Wildman–Crippen LogP) is 4.65. The van der Waals surface area contributed by atoms with Crippen LogP contribution in [-0.4, -0.2) is 29.0 Å². The van der Waals surface area contributed by atoms with Crippen LogP contribution in [0.15, 0.2) is 24.8 Å². The lowest BCUT2D eigenvalue weighted by molar-refractivity contribution is 0.168. The van der Waals surface area contributed by atoms with Crippen LogP contribution in [0.4, 0.5) is 10.1 Å². The van der Waals surface area contributed by atoms with E-state index in [1.807, 2.05) is 6.20 Å². The van der Waals surface area contributed by atoms with Crippen LogP contribution in [0.3, 0.4) is 0 Å². The Balaban J connectivity index is 1.82. The van der Waals surface area contributed by atoms with Gasteiger partial charge in [-0.2, -0.15) is 0 Å². The van der Waals surface area contributed by atoms with E-state index in [0.717, 1.165) is 25.0 Å². The summed E-state index contributed by atoms with van der Waals surface area (Å²) < 4.78 is 22.4. The molecule has 2 unspecified atom stereocenters. The largest absolute Gasteiger partial charge is 0.413 e. The zero-order valence-corrected chi connectivity index (χ0v) is 17.3. The number of rotatable bonds is 4. The molecule has 2 heterocycles. The van der Waals surface area contributed by atoms with Crippen LogP contribution >= 0.6 is 0 Å². The van der Waals surface area contributed by atoms with E-state index in [1.54, 1.807) is 10.9 Å². The molecule has 3 rings (SSSR count). The van der Waals surface area contributed by atoms with Crippen molar-refractivity contribution in [2.45, 2.75) is 70.2 Å². The van der Waals surface area contributed by atoms with Gasteiger partial charge in [0.05, 0.1) is 23.7 Å². The molecule has 0 bridgehead atoms. The molecular formula is C19H29FN4OSi. The van der Waals surface area contributed by atoms with Crippen molar-refractivity contribution < 1.29 is 8.82 Å². The molecule has 2 atom stereocenters. The third kappa shape index (κ3) is 3.69.